The van der Waals surface area contributed by atoms with Gasteiger partial charge in [-0.3, -0.25) is 10.1 Å². The predicted molar refractivity (Wildman–Crippen MR) is 265 cm³/mol. The first kappa shape index (κ1) is 37.7. The molecular formula is C59H43N3O2. The lowest BCUT2D eigenvalue weighted by Gasteiger charge is -2.29. The SMILES string of the molecule is CCC1(CC)c2ccccc2-c2cc3c4cc(-c5ccc(-n6c7ccc(-c8ccccc8)cc7c7cc(-c8ccccc8)ccc76)cc5)ccc4n(-c4cccc([N+](=O)[O-])c4)c3cc21. The number of hydrogen-bond acceptors (Lipinski definition) is 2. The van der Waals surface area contributed by atoms with Gasteiger partial charge in [0.15, 0.2) is 0 Å². The molecular weight excluding hydrogens is 783 g/mol. The zero-order valence-corrected chi connectivity index (χ0v) is 35.6. The summed E-state index contributed by atoms with van der Waals surface area (Å²) in [5.41, 5.74) is 18.5. The average Bonchev–Trinajstić information content (AvgIpc) is 3.96. The van der Waals surface area contributed by atoms with E-state index in [1.54, 1.807) is 18.2 Å². The molecule has 11 aromatic rings. The maximum atomic E-state index is 12.1. The van der Waals surface area contributed by atoms with Crippen LogP contribution in [0.3, 0.4) is 0 Å². The molecule has 0 unspecified atom stereocenters. The molecule has 0 saturated heterocycles. The lowest BCUT2D eigenvalue weighted by molar-refractivity contribution is -0.384. The lowest BCUT2D eigenvalue weighted by atomic mass is 9.74. The van der Waals surface area contributed by atoms with Crippen LogP contribution in [0.2, 0.25) is 0 Å². The Bertz CT molecular complexity index is 3550. The number of nitrogens with zero attached hydrogens (tertiary/aromatic N) is 3. The second-order valence-corrected chi connectivity index (χ2v) is 17.2. The van der Waals surface area contributed by atoms with Gasteiger partial charge in [-0.15, -0.1) is 0 Å². The summed E-state index contributed by atoms with van der Waals surface area (Å²) in [5, 5.41) is 16.7. The second-order valence-electron chi connectivity index (χ2n) is 17.2. The summed E-state index contributed by atoms with van der Waals surface area (Å²) < 4.78 is 4.61. The van der Waals surface area contributed by atoms with E-state index in [9.17, 15) is 10.1 Å². The van der Waals surface area contributed by atoms with Gasteiger partial charge >= 0.3 is 0 Å². The summed E-state index contributed by atoms with van der Waals surface area (Å²) in [5.74, 6) is 0. The zero-order chi connectivity index (χ0) is 43.1. The van der Waals surface area contributed by atoms with Crippen molar-refractivity contribution in [2.24, 2.45) is 0 Å². The van der Waals surface area contributed by atoms with Crippen LogP contribution in [-0.4, -0.2) is 14.1 Å². The maximum Gasteiger partial charge on any atom is 0.271 e. The number of fused-ring (bicyclic) bond motifs is 9. The van der Waals surface area contributed by atoms with E-state index < -0.39 is 0 Å². The van der Waals surface area contributed by atoms with Crippen LogP contribution in [0.4, 0.5) is 5.69 Å². The minimum absolute atomic E-state index is 0.0748. The number of rotatable bonds is 8. The highest BCUT2D eigenvalue weighted by Gasteiger charge is 2.41. The third-order valence-corrected chi connectivity index (χ3v) is 14.1. The summed E-state index contributed by atoms with van der Waals surface area (Å²) in [4.78, 5) is 11.7. The number of nitro groups is 1. The Labute approximate surface area is 371 Å². The Kier molecular flexibility index (Phi) is 8.57. The van der Waals surface area contributed by atoms with Crippen molar-refractivity contribution in [2.45, 2.75) is 32.1 Å². The van der Waals surface area contributed by atoms with E-state index in [4.69, 9.17) is 0 Å². The minimum atomic E-state index is -0.310. The van der Waals surface area contributed by atoms with Crippen molar-refractivity contribution in [1.29, 1.82) is 0 Å². The first-order valence-corrected chi connectivity index (χ1v) is 22.2. The summed E-state index contributed by atoms with van der Waals surface area (Å²) in [7, 11) is 0. The highest BCUT2D eigenvalue weighted by Crippen LogP contribution is 2.54. The fourth-order valence-corrected chi connectivity index (χ4v) is 10.9. The van der Waals surface area contributed by atoms with Crippen molar-refractivity contribution in [1.82, 2.24) is 9.13 Å². The third-order valence-electron chi connectivity index (χ3n) is 14.1. The summed E-state index contributed by atoms with van der Waals surface area (Å²) in [6.45, 7) is 4.58. The molecule has 306 valence electrons. The van der Waals surface area contributed by atoms with Crippen LogP contribution >= 0.6 is 0 Å². The van der Waals surface area contributed by atoms with E-state index in [1.165, 1.54) is 55.3 Å². The van der Waals surface area contributed by atoms with Crippen LogP contribution in [0.25, 0.3) is 99.5 Å². The van der Waals surface area contributed by atoms with Gasteiger partial charge in [-0.2, -0.15) is 0 Å². The van der Waals surface area contributed by atoms with E-state index in [0.717, 1.165) is 68.2 Å². The molecule has 0 bridgehead atoms. The van der Waals surface area contributed by atoms with Crippen molar-refractivity contribution in [3.63, 3.8) is 0 Å². The van der Waals surface area contributed by atoms with Crippen LogP contribution in [-0.2, 0) is 5.41 Å². The third kappa shape index (κ3) is 5.63. The molecule has 0 amide bonds. The molecule has 5 nitrogen and oxygen atoms in total. The van der Waals surface area contributed by atoms with E-state index in [-0.39, 0.29) is 16.0 Å². The number of hydrogen-bond donors (Lipinski definition) is 0. The smallest absolute Gasteiger partial charge is 0.271 e. The molecule has 0 spiro atoms. The van der Waals surface area contributed by atoms with Crippen molar-refractivity contribution in [2.75, 3.05) is 0 Å². The number of nitro benzene ring substituents is 1. The van der Waals surface area contributed by atoms with Crippen LogP contribution in [0.5, 0.6) is 0 Å². The number of aromatic nitrogens is 2. The fourth-order valence-electron chi connectivity index (χ4n) is 10.9. The monoisotopic (exact) mass is 825 g/mol. The van der Waals surface area contributed by atoms with Gasteiger partial charge in [0, 0.05) is 44.8 Å². The predicted octanol–water partition coefficient (Wildman–Crippen LogP) is 15.9. The fraction of sp³-hybridized carbons (Fsp3) is 0.0847. The summed E-state index contributed by atoms with van der Waals surface area (Å²) in [6, 6.07) is 71.1. The molecule has 0 fully saturated rings. The molecule has 0 saturated carbocycles. The van der Waals surface area contributed by atoms with Crippen molar-refractivity contribution in [3.05, 3.63) is 221 Å². The standard InChI is InChI=1S/C59H43N3O2/c1-3-59(4-2)53-21-12-11-20-47(53)48-36-52-51-34-43(26-31-57(51)61(58(52)37-54(48)59)45-18-13-19-46(35-45)62(63)64)40-22-27-44(28-23-40)60-55-29-24-41(38-14-7-5-8-15-38)32-49(55)50-33-42(25-30-56(50)60)39-16-9-6-10-17-39/h5-37H,3-4H2,1-2H3. The molecule has 0 atom stereocenters. The number of non-ortho nitro benzene ring substituents is 1. The maximum absolute atomic E-state index is 12.1. The van der Waals surface area contributed by atoms with Gasteiger partial charge in [-0.05, 0) is 135 Å². The molecule has 0 radical (unpaired) electrons. The first-order chi connectivity index (χ1) is 31.4. The van der Waals surface area contributed by atoms with Crippen LogP contribution in [0.1, 0.15) is 37.8 Å². The highest BCUT2D eigenvalue weighted by molar-refractivity contribution is 6.14. The van der Waals surface area contributed by atoms with Gasteiger partial charge in [0.2, 0.25) is 0 Å². The highest BCUT2D eigenvalue weighted by atomic mass is 16.6. The van der Waals surface area contributed by atoms with Crippen molar-refractivity contribution >= 4 is 49.3 Å². The molecule has 5 heteroatoms. The van der Waals surface area contributed by atoms with Crippen LogP contribution < -0.4 is 0 Å². The van der Waals surface area contributed by atoms with Gasteiger partial charge in [0.05, 0.1) is 32.7 Å². The minimum Gasteiger partial charge on any atom is -0.309 e. The molecule has 2 aromatic heterocycles. The Balaban J connectivity index is 1.02. The van der Waals surface area contributed by atoms with Crippen LogP contribution in [0, 0.1) is 10.1 Å². The molecule has 2 heterocycles. The molecule has 9 aromatic carbocycles. The van der Waals surface area contributed by atoms with Gasteiger partial charge < -0.3 is 9.13 Å². The summed E-state index contributed by atoms with van der Waals surface area (Å²) >= 11 is 0. The van der Waals surface area contributed by atoms with Crippen molar-refractivity contribution < 1.29 is 4.92 Å². The van der Waals surface area contributed by atoms with Crippen LogP contribution in [0.15, 0.2) is 200 Å². The van der Waals surface area contributed by atoms with Gasteiger partial charge in [0.25, 0.3) is 5.69 Å². The Morgan fingerprint density at radius 2 is 0.891 bits per heavy atom. The summed E-state index contributed by atoms with van der Waals surface area (Å²) in [6.07, 6.45) is 1.96. The Hall–Kier alpha value is -8.02. The molecule has 0 N–H and O–H groups in total. The molecule has 1 aliphatic rings. The Morgan fingerprint density at radius 3 is 1.44 bits per heavy atom. The first-order valence-electron chi connectivity index (χ1n) is 22.2. The second kappa shape index (κ2) is 14.5. The quantitative estimate of drug-likeness (QED) is 0.113. The van der Waals surface area contributed by atoms with Gasteiger partial charge in [-0.25, -0.2) is 0 Å². The van der Waals surface area contributed by atoms with Gasteiger partial charge in [0.1, 0.15) is 0 Å². The normalized spacial score (nSPS) is 12.9. The van der Waals surface area contributed by atoms with Crippen molar-refractivity contribution in [3.8, 4) is 55.9 Å². The molecule has 64 heavy (non-hydrogen) atoms. The number of benzene rings is 9. The lowest BCUT2D eigenvalue weighted by Crippen LogP contribution is -2.23. The van der Waals surface area contributed by atoms with E-state index >= 15 is 0 Å². The zero-order valence-electron chi connectivity index (χ0n) is 35.6. The molecule has 12 rings (SSSR count). The van der Waals surface area contributed by atoms with E-state index in [1.807, 2.05) is 6.07 Å². The van der Waals surface area contributed by atoms with E-state index in [0.29, 0.717) is 0 Å². The molecule has 1 aliphatic carbocycles. The topological polar surface area (TPSA) is 53.0 Å². The molecule has 0 aliphatic heterocycles. The average molecular weight is 826 g/mol. The Morgan fingerprint density at radius 1 is 0.406 bits per heavy atom. The van der Waals surface area contributed by atoms with Gasteiger partial charge in [-0.1, -0.05) is 135 Å². The van der Waals surface area contributed by atoms with E-state index in [2.05, 4.69) is 199 Å². The largest absolute Gasteiger partial charge is 0.309 e.